The zero-order valence-electron chi connectivity index (χ0n) is 7.20. The minimum Gasteiger partial charge on any atom is -0.363 e. The second-order valence-electron chi connectivity index (χ2n) is 2.76. The van der Waals surface area contributed by atoms with Gasteiger partial charge in [0.1, 0.15) is 0 Å². The lowest BCUT2D eigenvalue weighted by atomic mass is 10.1. The van der Waals surface area contributed by atoms with Gasteiger partial charge >= 0.3 is 0 Å². The molecule has 0 aliphatic rings. The van der Waals surface area contributed by atoms with E-state index in [1.807, 2.05) is 0 Å². The van der Waals surface area contributed by atoms with Crippen molar-refractivity contribution in [1.82, 2.24) is 5.32 Å². The van der Waals surface area contributed by atoms with Crippen molar-refractivity contribution in [2.75, 3.05) is 0 Å². The van der Waals surface area contributed by atoms with Crippen LogP contribution >= 0.6 is 0 Å². The lowest BCUT2D eigenvalue weighted by molar-refractivity contribution is 0.694. The van der Waals surface area contributed by atoms with E-state index < -0.39 is 0 Å². The molecule has 0 fully saturated rings. The fraction of sp³-hybridized carbons (Fsp3) is 0.556. The highest BCUT2D eigenvalue weighted by molar-refractivity contribution is 5.05. The van der Waals surface area contributed by atoms with E-state index in [9.17, 15) is 0 Å². The van der Waals surface area contributed by atoms with Crippen molar-refractivity contribution in [1.29, 1.82) is 0 Å². The van der Waals surface area contributed by atoms with E-state index in [-0.39, 0.29) is 0 Å². The van der Waals surface area contributed by atoms with Crippen LogP contribution in [0.5, 0.6) is 0 Å². The topological polar surface area (TPSA) is 12.0 Å². The number of allylic oxidation sites excluding steroid dienone is 2. The van der Waals surface area contributed by atoms with Crippen LogP contribution in [0.4, 0.5) is 0 Å². The van der Waals surface area contributed by atoms with E-state index in [0.29, 0.717) is 5.92 Å². The van der Waals surface area contributed by atoms with Crippen LogP contribution in [0, 0.1) is 5.92 Å². The van der Waals surface area contributed by atoms with E-state index >= 15 is 0 Å². The molecule has 0 bridgehead atoms. The van der Waals surface area contributed by atoms with Crippen LogP contribution < -0.4 is 5.32 Å². The van der Waals surface area contributed by atoms with Crippen LogP contribution in [0.1, 0.15) is 27.2 Å². The van der Waals surface area contributed by atoms with Gasteiger partial charge in [0.2, 0.25) is 0 Å². The molecular formula is C9H17N. The summed E-state index contributed by atoms with van der Waals surface area (Å²) in [5.41, 5.74) is 2.09. The van der Waals surface area contributed by atoms with Crippen molar-refractivity contribution in [2.24, 2.45) is 5.92 Å². The molecule has 0 saturated heterocycles. The average Bonchev–Trinajstić information content (AvgIpc) is 1.87. The predicted octanol–water partition coefficient (Wildman–Crippen LogP) is 2.67. The second-order valence-corrected chi connectivity index (χ2v) is 2.76. The maximum atomic E-state index is 3.87. The Balaban J connectivity index is 3.69. The summed E-state index contributed by atoms with van der Waals surface area (Å²) >= 11 is 0. The number of nitrogens with one attached hydrogen (secondary N) is 1. The molecule has 0 spiro atoms. The molecule has 1 N–H and O–H groups in total. The van der Waals surface area contributed by atoms with Gasteiger partial charge in [-0.25, -0.2) is 0 Å². The van der Waals surface area contributed by atoms with Gasteiger partial charge in [0.05, 0.1) is 0 Å². The highest BCUT2D eigenvalue weighted by Crippen LogP contribution is 2.05. The molecule has 0 radical (unpaired) electrons. The molecule has 10 heavy (non-hydrogen) atoms. The van der Waals surface area contributed by atoms with Gasteiger partial charge in [0.15, 0.2) is 0 Å². The minimum atomic E-state index is 0.489. The van der Waals surface area contributed by atoms with Crippen molar-refractivity contribution in [3.63, 3.8) is 0 Å². The van der Waals surface area contributed by atoms with Crippen LogP contribution in [-0.4, -0.2) is 0 Å². The first kappa shape index (κ1) is 9.28. The molecule has 0 aromatic carbocycles. The summed E-state index contributed by atoms with van der Waals surface area (Å²) in [4.78, 5) is 0. The molecule has 0 unspecified atom stereocenters. The van der Waals surface area contributed by atoms with E-state index in [1.54, 1.807) is 0 Å². The van der Waals surface area contributed by atoms with Gasteiger partial charge in [-0.2, -0.15) is 0 Å². The van der Waals surface area contributed by atoms with E-state index in [2.05, 4.69) is 39.2 Å². The number of hydrogen-bond donors (Lipinski definition) is 1. The third kappa shape index (κ3) is 3.33. The molecule has 0 aromatic heterocycles. The Morgan fingerprint density at radius 3 is 2.20 bits per heavy atom. The number of rotatable bonds is 4. The van der Waals surface area contributed by atoms with E-state index in [4.69, 9.17) is 0 Å². The van der Waals surface area contributed by atoms with Gasteiger partial charge in [-0.1, -0.05) is 33.9 Å². The first-order valence-corrected chi connectivity index (χ1v) is 3.71. The fourth-order valence-electron chi connectivity index (χ4n) is 0.460. The molecule has 0 heterocycles. The Morgan fingerprint density at radius 1 is 1.40 bits per heavy atom. The van der Waals surface area contributed by atoms with Crippen LogP contribution in [0.3, 0.4) is 0 Å². The van der Waals surface area contributed by atoms with Crippen molar-refractivity contribution in [3.05, 3.63) is 24.6 Å². The normalized spacial score (nSPS) is 9.60. The molecule has 0 aliphatic heterocycles. The van der Waals surface area contributed by atoms with Gasteiger partial charge < -0.3 is 5.32 Å². The summed E-state index contributed by atoms with van der Waals surface area (Å²) in [5, 5.41) is 3.14. The third-order valence-electron chi connectivity index (χ3n) is 1.46. The van der Waals surface area contributed by atoms with Gasteiger partial charge in [0.25, 0.3) is 0 Å². The largest absolute Gasteiger partial charge is 0.363 e. The fourth-order valence-corrected chi connectivity index (χ4v) is 0.460. The highest BCUT2D eigenvalue weighted by atomic mass is 14.9. The maximum absolute atomic E-state index is 3.87. The zero-order valence-corrected chi connectivity index (χ0v) is 7.20. The van der Waals surface area contributed by atoms with Crippen molar-refractivity contribution >= 4 is 0 Å². The van der Waals surface area contributed by atoms with Crippen LogP contribution in [0.15, 0.2) is 24.6 Å². The lowest BCUT2D eigenvalue weighted by Crippen LogP contribution is -2.14. The standard InChI is InChI=1S/C9H17N/c1-6-8(4)10-9(5)7(2)3/h7,10H,4-6H2,1-3H3. The minimum absolute atomic E-state index is 0.489. The van der Waals surface area contributed by atoms with E-state index in [1.165, 1.54) is 0 Å². The molecule has 0 atom stereocenters. The Bertz CT molecular complexity index is 134. The van der Waals surface area contributed by atoms with Crippen LogP contribution in [0.2, 0.25) is 0 Å². The van der Waals surface area contributed by atoms with Gasteiger partial charge in [-0.15, -0.1) is 0 Å². The SMILES string of the molecule is C=C(CC)NC(=C)C(C)C. The molecule has 1 heteroatoms. The first-order chi connectivity index (χ1) is 4.57. The number of hydrogen-bond acceptors (Lipinski definition) is 1. The molecule has 0 rings (SSSR count). The summed E-state index contributed by atoms with van der Waals surface area (Å²) in [5.74, 6) is 0.489. The van der Waals surface area contributed by atoms with Gasteiger partial charge in [0, 0.05) is 11.4 Å². The first-order valence-electron chi connectivity index (χ1n) is 3.71. The molecule has 0 aliphatic carbocycles. The molecule has 0 amide bonds. The molecule has 0 aromatic rings. The quantitative estimate of drug-likeness (QED) is 0.631. The Hall–Kier alpha value is -0.720. The van der Waals surface area contributed by atoms with Crippen LogP contribution in [0.25, 0.3) is 0 Å². The Labute approximate surface area is 63.8 Å². The summed E-state index contributed by atoms with van der Waals surface area (Å²) in [6.07, 6.45) is 0.964. The molecule has 1 nitrogen and oxygen atoms in total. The maximum Gasteiger partial charge on any atom is 0.0101 e. The monoisotopic (exact) mass is 139 g/mol. The lowest BCUT2D eigenvalue weighted by Gasteiger charge is -2.12. The second kappa shape index (κ2) is 4.15. The van der Waals surface area contributed by atoms with Crippen molar-refractivity contribution in [3.8, 4) is 0 Å². The van der Waals surface area contributed by atoms with Crippen molar-refractivity contribution < 1.29 is 0 Å². The summed E-state index contributed by atoms with van der Waals surface area (Å²) in [7, 11) is 0. The summed E-state index contributed by atoms with van der Waals surface area (Å²) < 4.78 is 0. The van der Waals surface area contributed by atoms with E-state index in [0.717, 1.165) is 17.8 Å². The molecule has 58 valence electrons. The smallest absolute Gasteiger partial charge is 0.0101 e. The molecular weight excluding hydrogens is 122 g/mol. The third-order valence-corrected chi connectivity index (χ3v) is 1.46. The van der Waals surface area contributed by atoms with Crippen molar-refractivity contribution in [2.45, 2.75) is 27.2 Å². The van der Waals surface area contributed by atoms with Gasteiger partial charge in [-0.05, 0) is 12.3 Å². The Morgan fingerprint density at radius 2 is 1.90 bits per heavy atom. The average molecular weight is 139 g/mol. The molecule has 0 saturated carbocycles. The Kier molecular flexibility index (Phi) is 3.85. The predicted molar refractivity (Wildman–Crippen MR) is 46.5 cm³/mol. The van der Waals surface area contributed by atoms with Crippen LogP contribution in [-0.2, 0) is 0 Å². The zero-order chi connectivity index (χ0) is 8.15. The highest BCUT2D eigenvalue weighted by Gasteiger charge is 1.98. The summed E-state index contributed by atoms with van der Waals surface area (Å²) in [6, 6.07) is 0. The van der Waals surface area contributed by atoms with Gasteiger partial charge in [-0.3, -0.25) is 0 Å². The summed E-state index contributed by atoms with van der Waals surface area (Å²) in [6.45, 7) is 14.0.